The highest BCUT2D eigenvalue weighted by molar-refractivity contribution is 8.45. The molecule has 1 aliphatic heterocycles. The Bertz CT molecular complexity index is 1460. The summed E-state index contributed by atoms with van der Waals surface area (Å²) in [4.78, 5) is 29.9. The molecule has 2 fully saturated rings. The smallest absolute Gasteiger partial charge is 0.310 e. The number of hydrogen-bond acceptors (Lipinski definition) is 5. The number of likely N-dealkylation sites (tertiary alicyclic amines) is 1. The van der Waals surface area contributed by atoms with E-state index in [9.17, 15) is 56.2 Å². The van der Waals surface area contributed by atoms with Gasteiger partial charge in [-0.15, -0.1) is 0 Å². The highest BCUT2D eigenvalue weighted by atomic mass is 32.5. The number of piperidine rings is 1. The van der Waals surface area contributed by atoms with Gasteiger partial charge in [0.05, 0.1) is 12.7 Å². The highest BCUT2D eigenvalue weighted by Gasteiger charge is 2.65. The average Bonchev–Trinajstić information content (AvgIpc) is 2.90. The van der Waals surface area contributed by atoms with Crippen molar-refractivity contribution in [1.82, 2.24) is 15.2 Å². The summed E-state index contributed by atoms with van der Waals surface area (Å²) in [5, 5.41) is 12.0. The lowest BCUT2D eigenvalue weighted by atomic mass is 9.91. The van der Waals surface area contributed by atoms with E-state index >= 15 is 0 Å². The van der Waals surface area contributed by atoms with Crippen LogP contribution in [0.1, 0.15) is 50.1 Å². The first kappa shape index (κ1) is 33.1. The molecule has 2 aliphatic rings. The highest BCUT2D eigenvalue weighted by Crippen LogP contribution is 3.02. The van der Waals surface area contributed by atoms with Crippen molar-refractivity contribution in [3.05, 3.63) is 54.1 Å². The van der Waals surface area contributed by atoms with Gasteiger partial charge in [0, 0.05) is 42.8 Å². The van der Waals surface area contributed by atoms with E-state index in [1.165, 1.54) is 6.19 Å². The fourth-order valence-electron chi connectivity index (χ4n) is 5.19. The van der Waals surface area contributed by atoms with Gasteiger partial charge in [-0.2, -0.15) is 5.26 Å². The Kier molecular flexibility index (Phi) is 8.06. The van der Waals surface area contributed by atoms with Crippen molar-refractivity contribution >= 4 is 27.7 Å². The van der Waals surface area contributed by atoms with E-state index in [1.54, 1.807) is 0 Å². The number of halogens is 10. The van der Waals surface area contributed by atoms with Crippen molar-refractivity contribution in [2.24, 2.45) is 0 Å². The molecule has 1 aromatic heterocycles. The largest absolute Gasteiger partial charge is 0.351 e. The average molecular weight is 662 g/mol. The zero-order valence-corrected chi connectivity index (χ0v) is 23.3. The van der Waals surface area contributed by atoms with E-state index in [2.05, 4.69) is 10.3 Å². The fourth-order valence-corrected chi connectivity index (χ4v) is 5.84. The van der Waals surface area contributed by atoms with Gasteiger partial charge in [-0.3, -0.25) is 24.4 Å². The predicted molar refractivity (Wildman–Crippen MR) is 138 cm³/mol. The fraction of sp³-hybridized carbons (Fsp3) is 0.462. The molecule has 7 nitrogen and oxygen atoms in total. The third kappa shape index (κ3) is 7.66. The van der Waals surface area contributed by atoms with Crippen LogP contribution in [0.5, 0.6) is 0 Å². The molecule has 1 N–H and O–H groups in total. The van der Waals surface area contributed by atoms with Gasteiger partial charge in [0.15, 0.2) is 6.19 Å². The van der Waals surface area contributed by atoms with E-state index in [4.69, 9.17) is 0 Å². The van der Waals surface area contributed by atoms with E-state index in [0.717, 1.165) is 18.5 Å². The molecular weight excluding hydrogens is 636 g/mol. The summed E-state index contributed by atoms with van der Waals surface area (Å²) in [5.74, 6) is -9.84. The van der Waals surface area contributed by atoms with Crippen LogP contribution in [0.25, 0.3) is 0 Å². The Morgan fingerprint density at radius 3 is 2.11 bits per heavy atom. The number of carbonyl (C=O) groups excluding carboxylic acids is 2. The monoisotopic (exact) mass is 661 g/mol. The molecule has 1 aromatic carbocycles. The summed E-state index contributed by atoms with van der Waals surface area (Å²) in [6.45, 7) is -1.22. The molecule has 4 rings (SSSR count). The zero-order valence-electron chi connectivity index (χ0n) is 22.5. The summed E-state index contributed by atoms with van der Waals surface area (Å²) in [6.07, 6.45) is -0.0912. The second-order valence-electron chi connectivity index (χ2n) is 10.8. The van der Waals surface area contributed by atoms with E-state index in [-0.39, 0.29) is 30.5 Å². The number of nitriles is 1. The Labute approximate surface area is 244 Å². The molecule has 18 heteroatoms. The molecule has 0 radical (unpaired) electrons. The number of alkyl halides is 4. The molecule has 1 saturated carbocycles. The van der Waals surface area contributed by atoms with Crippen molar-refractivity contribution in [3.8, 4) is 6.19 Å². The van der Waals surface area contributed by atoms with Crippen molar-refractivity contribution in [2.45, 2.75) is 73.4 Å². The summed E-state index contributed by atoms with van der Waals surface area (Å²) >= 11 is 0. The van der Waals surface area contributed by atoms with E-state index in [1.807, 2.05) is 0 Å². The Hall–Kier alpha value is -3.75. The van der Waals surface area contributed by atoms with Crippen molar-refractivity contribution in [3.63, 3.8) is 0 Å². The maximum absolute atomic E-state index is 14.3. The number of aromatic nitrogens is 1. The van der Waals surface area contributed by atoms with Gasteiger partial charge in [-0.25, -0.2) is 22.0 Å². The Morgan fingerprint density at radius 2 is 1.57 bits per heavy atom. The normalized spacial score (nSPS) is 22.6. The van der Waals surface area contributed by atoms with E-state index in [0.29, 0.717) is 21.9 Å². The van der Waals surface area contributed by atoms with Crippen molar-refractivity contribution < 1.29 is 51.0 Å². The topological polar surface area (TPSA) is 89.3 Å². The molecular formula is C26H25F10N5O2S. The molecule has 1 aliphatic carbocycles. The van der Waals surface area contributed by atoms with Crippen LogP contribution in [0.3, 0.4) is 0 Å². The third-order valence-electron chi connectivity index (χ3n) is 7.38. The van der Waals surface area contributed by atoms with Crippen LogP contribution in [0.15, 0.2) is 47.6 Å². The van der Waals surface area contributed by atoms with E-state index < -0.39 is 101 Å². The number of rotatable bonds is 7. The number of pyridine rings is 1. The van der Waals surface area contributed by atoms with Gasteiger partial charge in [-0.1, -0.05) is 19.4 Å². The molecule has 2 heterocycles. The summed E-state index contributed by atoms with van der Waals surface area (Å²) in [6, 6.07) is -3.05. The molecule has 0 spiro atoms. The van der Waals surface area contributed by atoms with Crippen LogP contribution in [-0.2, 0) is 9.59 Å². The summed E-state index contributed by atoms with van der Waals surface area (Å²) in [7, 11) is -10.2. The minimum Gasteiger partial charge on any atom is -0.351 e. The van der Waals surface area contributed by atoms with Gasteiger partial charge in [-0.05, 0) is 49.6 Å². The minimum atomic E-state index is -10.2. The predicted octanol–water partition coefficient (Wildman–Crippen LogP) is 7.23. The number of nitrogens with zero attached hydrogens (tertiary/aromatic N) is 4. The maximum Gasteiger partial charge on any atom is 0.310 e. The third-order valence-corrected chi connectivity index (χ3v) is 8.55. The van der Waals surface area contributed by atoms with Crippen LogP contribution in [0.2, 0.25) is 0 Å². The standard InChI is InChI=1S/C26H25F10N5O2S/c27-17-11-16(12-38-13-17)22(23(42)39-18-5-8-25(28,29)9-6-18)41(19-1-3-20(4-2-19)44(32,33,34,35)36)24(43)21-7-10-26(30,31)14-40(21)15-37/h1-4,11-13,18,21-22H,5-10,14H2,(H,39,42). The molecule has 2 aromatic rings. The second-order valence-corrected chi connectivity index (χ2v) is 13.2. The molecule has 2 atom stereocenters. The lowest BCUT2D eigenvalue weighted by Crippen LogP contribution is -2.56. The first-order valence-corrected chi connectivity index (χ1v) is 15.0. The van der Waals surface area contributed by atoms with Gasteiger partial charge in [0.2, 0.25) is 11.8 Å². The van der Waals surface area contributed by atoms with Gasteiger partial charge in [0.1, 0.15) is 22.8 Å². The number of benzene rings is 1. The summed E-state index contributed by atoms with van der Waals surface area (Å²) < 4.78 is 137. The van der Waals surface area contributed by atoms with Crippen LogP contribution >= 0.6 is 10.2 Å². The van der Waals surface area contributed by atoms with Gasteiger partial charge in [0.25, 0.3) is 11.8 Å². The van der Waals surface area contributed by atoms with Crippen LogP contribution in [0, 0.1) is 17.3 Å². The van der Waals surface area contributed by atoms with Crippen LogP contribution in [-0.4, -0.2) is 52.2 Å². The molecule has 1 saturated heterocycles. The number of anilines is 1. The molecule has 2 amide bonds. The SMILES string of the molecule is N#CN1CC(F)(F)CCC1C(=O)N(c1ccc(S(F)(F)(F)(F)F)cc1)C(C(=O)NC1CCC(F)(F)CC1)c1cncc(F)c1. The maximum atomic E-state index is 14.3. The quantitative estimate of drug-likeness (QED) is 0.250. The van der Waals surface area contributed by atoms with Crippen LogP contribution in [0.4, 0.5) is 47.1 Å². The Balaban J connectivity index is 1.83. The number of carbonyl (C=O) groups is 2. The van der Waals surface area contributed by atoms with Gasteiger partial charge < -0.3 is 5.32 Å². The Morgan fingerprint density at radius 1 is 0.977 bits per heavy atom. The molecule has 242 valence electrons. The first-order chi connectivity index (χ1) is 20.1. The number of nitrogens with one attached hydrogen (secondary N) is 1. The van der Waals surface area contributed by atoms with Crippen LogP contribution < -0.4 is 10.2 Å². The molecule has 44 heavy (non-hydrogen) atoms. The number of amides is 2. The lowest BCUT2D eigenvalue weighted by molar-refractivity contribution is -0.133. The minimum absolute atomic E-state index is 0.0454. The lowest BCUT2D eigenvalue weighted by Gasteiger charge is -2.41. The first-order valence-electron chi connectivity index (χ1n) is 13.1. The second kappa shape index (κ2) is 10.7. The molecule has 0 bridgehead atoms. The number of hydrogen-bond donors (Lipinski definition) is 1. The summed E-state index contributed by atoms with van der Waals surface area (Å²) in [5.41, 5.74) is -0.992. The van der Waals surface area contributed by atoms with Gasteiger partial charge >= 0.3 is 10.2 Å². The zero-order chi connectivity index (χ0) is 32.8. The van der Waals surface area contributed by atoms with Crippen molar-refractivity contribution in [2.75, 3.05) is 11.4 Å². The van der Waals surface area contributed by atoms with Crippen molar-refractivity contribution in [1.29, 1.82) is 5.26 Å². The molecule has 2 unspecified atom stereocenters.